The summed E-state index contributed by atoms with van der Waals surface area (Å²) in [6, 6.07) is 7.37. The van der Waals surface area contributed by atoms with E-state index in [0.717, 1.165) is 18.7 Å². The van der Waals surface area contributed by atoms with Crippen LogP contribution in [0.4, 0.5) is 0 Å². The molecule has 4 nitrogen and oxygen atoms in total. The van der Waals surface area contributed by atoms with E-state index >= 15 is 0 Å². The maximum absolute atomic E-state index is 10.8. The second-order valence-electron chi connectivity index (χ2n) is 3.88. The molecule has 0 bridgehead atoms. The molecule has 0 aromatic heterocycles. The van der Waals surface area contributed by atoms with Crippen molar-refractivity contribution < 1.29 is 9.53 Å². The van der Waals surface area contributed by atoms with Gasteiger partial charge in [-0.25, -0.2) is 0 Å². The van der Waals surface area contributed by atoms with E-state index in [1.165, 1.54) is 6.92 Å². The third-order valence-corrected chi connectivity index (χ3v) is 2.55. The molecule has 0 spiro atoms. The fourth-order valence-electron chi connectivity index (χ4n) is 1.63. The quantitative estimate of drug-likeness (QED) is 0.631. The Labute approximate surface area is 113 Å². The van der Waals surface area contributed by atoms with Crippen LogP contribution in [0.2, 0.25) is 0 Å². The van der Waals surface area contributed by atoms with Gasteiger partial charge in [0.2, 0.25) is 0 Å². The molecule has 0 aliphatic carbocycles. The van der Waals surface area contributed by atoms with Gasteiger partial charge in [-0.1, -0.05) is 12.1 Å². The number of nitrogens with one attached hydrogen (secondary N) is 1. The SMILES string of the molecule is CC(=O)Oc1cccc(C2(N)CNC2)c1.Cl.Cl. The lowest BCUT2D eigenvalue weighted by Crippen LogP contribution is -2.62. The van der Waals surface area contributed by atoms with Crippen molar-refractivity contribution in [3.8, 4) is 5.75 Å². The summed E-state index contributed by atoms with van der Waals surface area (Å²) < 4.78 is 5.00. The molecule has 0 atom stereocenters. The van der Waals surface area contributed by atoms with Gasteiger partial charge in [0.25, 0.3) is 0 Å². The van der Waals surface area contributed by atoms with Crippen LogP contribution < -0.4 is 15.8 Å². The van der Waals surface area contributed by atoms with Crippen LogP contribution in [0.3, 0.4) is 0 Å². The zero-order valence-corrected chi connectivity index (χ0v) is 11.1. The Morgan fingerprint density at radius 2 is 2.06 bits per heavy atom. The number of rotatable bonds is 2. The third kappa shape index (κ3) is 3.57. The van der Waals surface area contributed by atoms with Gasteiger partial charge in [0.05, 0.1) is 5.54 Å². The van der Waals surface area contributed by atoms with Crippen LogP contribution in [0, 0.1) is 0 Å². The third-order valence-electron chi connectivity index (χ3n) is 2.55. The predicted molar refractivity (Wildman–Crippen MR) is 71.0 cm³/mol. The standard InChI is InChI=1S/C11H14N2O2.2ClH/c1-8(14)15-10-4-2-3-9(5-10)11(12)6-13-7-11;;/h2-5,13H,6-7,12H2,1H3;2*1H. The molecule has 0 unspecified atom stereocenters. The average Bonchev–Trinajstić information content (AvgIpc) is 2.13. The van der Waals surface area contributed by atoms with Gasteiger partial charge in [0, 0.05) is 20.0 Å². The van der Waals surface area contributed by atoms with E-state index in [1.54, 1.807) is 6.07 Å². The Bertz CT molecular complexity index is 395. The smallest absolute Gasteiger partial charge is 0.308 e. The Balaban J connectivity index is 0.00000128. The molecule has 3 N–H and O–H groups in total. The molecule has 6 heteroatoms. The van der Waals surface area contributed by atoms with Crippen molar-refractivity contribution in [2.75, 3.05) is 13.1 Å². The minimum atomic E-state index is -0.315. The molecule has 96 valence electrons. The van der Waals surface area contributed by atoms with E-state index in [4.69, 9.17) is 10.5 Å². The molecule has 2 rings (SSSR count). The lowest BCUT2D eigenvalue weighted by Gasteiger charge is -2.39. The van der Waals surface area contributed by atoms with Gasteiger partial charge >= 0.3 is 5.97 Å². The van der Waals surface area contributed by atoms with Gasteiger partial charge in [-0.15, -0.1) is 24.8 Å². The van der Waals surface area contributed by atoms with Crippen molar-refractivity contribution in [1.29, 1.82) is 0 Å². The van der Waals surface area contributed by atoms with Gasteiger partial charge < -0.3 is 15.8 Å². The van der Waals surface area contributed by atoms with Gasteiger partial charge in [-0.05, 0) is 17.7 Å². The molecule has 1 saturated heterocycles. The molecule has 0 radical (unpaired) electrons. The first-order valence-electron chi connectivity index (χ1n) is 4.89. The molecular formula is C11H16Cl2N2O2. The first kappa shape index (κ1) is 16.2. The summed E-state index contributed by atoms with van der Waals surface area (Å²) in [6.45, 7) is 2.91. The highest BCUT2D eigenvalue weighted by Gasteiger charge is 2.34. The van der Waals surface area contributed by atoms with Crippen molar-refractivity contribution in [3.63, 3.8) is 0 Å². The first-order chi connectivity index (χ1) is 7.10. The highest BCUT2D eigenvalue weighted by molar-refractivity contribution is 5.85. The predicted octanol–water partition coefficient (Wildman–Crippen LogP) is 1.21. The molecule has 17 heavy (non-hydrogen) atoms. The van der Waals surface area contributed by atoms with Gasteiger partial charge in [0.15, 0.2) is 0 Å². The van der Waals surface area contributed by atoms with Crippen molar-refractivity contribution >= 4 is 30.8 Å². The van der Waals surface area contributed by atoms with Gasteiger partial charge in [-0.3, -0.25) is 4.79 Å². The van der Waals surface area contributed by atoms with Crippen LogP contribution >= 0.6 is 24.8 Å². The average molecular weight is 279 g/mol. The zero-order chi connectivity index (χ0) is 10.9. The second kappa shape index (κ2) is 6.21. The Kier molecular flexibility index (Phi) is 5.92. The Hall–Kier alpha value is -0.810. The fraction of sp³-hybridized carbons (Fsp3) is 0.364. The van der Waals surface area contributed by atoms with E-state index in [2.05, 4.69) is 5.32 Å². The number of benzene rings is 1. The number of nitrogens with two attached hydrogens (primary N) is 1. The number of carbonyl (C=O) groups excluding carboxylic acids is 1. The van der Waals surface area contributed by atoms with E-state index in [0.29, 0.717) is 5.75 Å². The Morgan fingerprint density at radius 3 is 2.53 bits per heavy atom. The number of hydrogen-bond acceptors (Lipinski definition) is 4. The summed E-state index contributed by atoms with van der Waals surface area (Å²) in [6.07, 6.45) is 0. The molecule has 1 aliphatic rings. The molecule has 1 fully saturated rings. The number of esters is 1. The van der Waals surface area contributed by atoms with Crippen LogP contribution in [0.15, 0.2) is 24.3 Å². The molecule has 1 heterocycles. The van der Waals surface area contributed by atoms with Crippen molar-refractivity contribution in [3.05, 3.63) is 29.8 Å². The first-order valence-corrected chi connectivity index (χ1v) is 4.89. The summed E-state index contributed by atoms with van der Waals surface area (Å²) in [5.74, 6) is 0.238. The Morgan fingerprint density at radius 1 is 1.41 bits per heavy atom. The number of ether oxygens (including phenoxy) is 1. The van der Waals surface area contributed by atoms with Crippen LogP contribution in [0.5, 0.6) is 5.75 Å². The molecule has 0 amide bonds. The lowest BCUT2D eigenvalue weighted by atomic mass is 9.85. The van der Waals surface area contributed by atoms with Gasteiger partial charge in [0.1, 0.15) is 5.75 Å². The maximum atomic E-state index is 10.8. The van der Waals surface area contributed by atoms with E-state index in [-0.39, 0.29) is 36.3 Å². The van der Waals surface area contributed by atoms with Crippen LogP contribution in [0.25, 0.3) is 0 Å². The number of carbonyl (C=O) groups is 1. The molecule has 1 aromatic carbocycles. The van der Waals surface area contributed by atoms with Gasteiger partial charge in [-0.2, -0.15) is 0 Å². The van der Waals surface area contributed by atoms with Crippen LogP contribution in [0.1, 0.15) is 12.5 Å². The fourth-order valence-corrected chi connectivity index (χ4v) is 1.63. The molecular weight excluding hydrogens is 263 g/mol. The summed E-state index contributed by atoms with van der Waals surface area (Å²) in [5, 5.41) is 3.13. The monoisotopic (exact) mass is 278 g/mol. The van der Waals surface area contributed by atoms with E-state index in [9.17, 15) is 4.79 Å². The highest BCUT2D eigenvalue weighted by Crippen LogP contribution is 2.25. The second-order valence-corrected chi connectivity index (χ2v) is 3.88. The molecule has 1 aromatic rings. The number of halogens is 2. The summed E-state index contributed by atoms with van der Waals surface area (Å²) in [4.78, 5) is 10.8. The van der Waals surface area contributed by atoms with Crippen LogP contribution in [-0.2, 0) is 10.3 Å². The topological polar surface area (TPSA) is 64.3 Å². The largest absolute Gasteiger partial charge is 0.427 e. The minimum Gasteiger partial charge on any atom is -0.427 e. The van der Waals surface area contributed by atoms with Crippen molar-refractivity contribution in [2.24, 2.45) is 5.73 Å². The van der Waals surface area contributed by atoms with E-state index < -0.39 is 0 Å². The highest BCUT2D eigenvalue weighted by atomic mass is 35.5. The van der Waals surface area contributed by atoms with Crippen LogP contribution in [-0.4, -0.2) is 19.1 Å². The zero-order valence-electron chi connectivity index (χ0n) is 9.43. The normalized spacial score (nSPS) is 15.9. The lowest BCUT2D eigenvalue weighted by molar-refractivity contribution is -0.131. The van der Waals surface area contributed by atoms with E-state index in [1.807, 2.05) is 18.2 Å². The maximum Gasteiger partial charge on any atom is 0.308 e. The molecule has 1 aliphatic heterocycles. The van der Waals surface area contributed by atoms with Crippen molar-refractivity contribution in [2.45, 2.75) is 12.5 Å². The molecule has 0 saturated carbocycles. The summed E-state index contributed by atoms with van der Waals surface area (Å²) in [7, 11) is 0. The summed E-state index contributed by atoms with van der Waals surface area (Å²) in [5.41, 5.74) is 6.81. The number of hydrogen-bond donors (Lipinski definition) is 2. The van der Waals surface area contributed by atoms with Crippen molar-refractivity contribution in [1.82, 2.24) is 5.32 Å². The summed E-state index contributed by atoms with van der Waals surface area (Å²) >= 11 is 0. The minimum absolute atomic E-state index is 0.